The first-order valence-electron chi connectivity index (χ1n) is 11.4. The molecule has 2 aliphatic heterocycles. The first-order valence-corrected chi connectivity index (χ1v) is 12.3. The fourth-order valence-corrected chi connectivity index (χ4v) is 7.13. The van der Waals surface area contributed by atoms with Crippen molar-refractivity contribution >= 4 is 27.4 Å². The number of fused-ring (bicyclic) bond motifs is 3. The predicted molar refractivity (Wildman–Crippen MR) is 125 cm³/mol. The van der Waals surface area contributed by atoms with Crippen LogP contribution in [0.4, 0.5) is 5.82 Å². The molecular weight excluding hydrogens is 406 g/mol. The van der Waals surface area contributed by atoms with E-state index in [1.807, 2.05) is 6.07 Å². The van der Waals surface area contributed by atoms with E-state index in [-0.39, 0.29) is 5.54 Å². The largest absolute Gasteiger partial charge is 0.481 e. The summed E-state index contributed by atoms with van der Waals surface area (Å²) in [7, 11) is 1.68. The van der Waals surface area contributed by atoms with Crippen LogP contribution < -0.4 is 15.4 Å². The number of piperidine rings is 1. The third kappa shape index (κ3) is 3.21. The lowest BCUT2D eigenvalue weighted by Gasteiger charge is -2.45. The highest BCUT2D eigenvalue weighted by atomic mass is 32.1. The molecule has 2 atom stereocenters. The molecular formula is C24H29N5OS. The summed E-state index contributed by atoms with van der Waals surface area (Å²) in [5.74, 6) is 2.48. The van der Waals surface area contributed by atoms with Gasteiger partial charge in [0.15, 0.2) is 0 Å². The summed E-state index contributed by atoms with van der Waals surface area (Å²) >= 11 is 1.67. The number of anilines is 1. The van der Waals surface area contributed by atoms with E-state index in [0.29, 0.717) is 18.0 Å². The van der Waals surface area contributed by atoms with Crippen molar-refractivity contribution in [3.8, 4) is 17.0 Å². The van der Waals surface area contributed by atoms with Crippen LogP contribution in [0, 0.1) is 5.92 Å². The minimum atomic E-state index is 0.117. The fraction of sp³-hybridized carbons (Fsp3) is 0.542. The van der Waals surface area contributed by atoms with Crippen molar-refractivity contribution in [1.82, 2.24) is 15.0 Å². The van der Waals surface area contributed by atoms with Crippen molar-refractivity contribution in [1.29, 1.82) is 0 Å². The summed E-state index contributed by atoms with van der Waals surface area (Å²) in [6, 6.07) is 5.14. The van der Waals surface area contributed by atoms with Crippen molar-refractivity contribution in [2.45, 2.75) is 69.0 Å². The summed E-state index contributed by atoms with van der Waals surface area (Å²) in [5.41, 5.74) is 8.86. The zero-order valence-electron chi connectivity index (χ0n) is 18.0. The summed E-state index contributed by atoms with van der Waals surface area (Å²) in [5, 5.41) is 3.31. The average molecular weight is 436 g/mol. The summed E-state index contributed by atoms with van der Waals surface area (Å²) < 4.78 is 5.56. The molecule has 3 aromatic heterocycles. The van der Waals surface area contributed by atoms with Crippen LogP contribution in [0.15, 0.2) is 30.0 Å². The van der Waals surface area contributed by atoms with Crippen LogP contribution in [0.5, 0.6) is 5.88 Å². The zero-order valence-corrected chi connectivity index (χ0v) is 18.8. The van der Waals surface area contributed by atoms with Crippen LogP contribution in [0.2, 0.25) is 0 Å². The number of hydrogen-bond donors (Lipinski definition) is 1. The Morgan fingerprint density at radius 2 is 1.97 bits per heavy atom. The van der Waals surface area contributed by atoms with Gasteiger partial charge in [-0.2, -0.15) is 0 Å². The quantitative estimate of drug-likeness (QED) is 0.621. The predicted octanol–water partition coefficient (Wildman–Crippen LogP) is 4.78. The normalized spacial score (nSPS) is 26.8. The van der Waals surface area contributed by atoms with Crippen LogP contribution in [-0.4, -0.2) is 39.7 Å². The lowest BCUT2D eigenvalue weighted by atomic mass is 9.70. The van der Waals surface area contributed by atoms with Gasteiger partial charge in [0.1, 0.15) is 17.0 Å². The molecule has 2 unspecified atom stereocenters. The molecule has 3 aromatic rings. The highest BCUT2D eigenvalue weighted by Gasteiger charge is 2.45. The molecule has 2 bridgehead atoms. The van der Waals surface area contributed by atoms with Gasteiger partial charge in [0.25, 0.3) is 0 Å². The number of rotatable bonds is 5. The molecule has 0 spiro atoms. The van der Waals surface area contributed by atoms with Gasteiger partial charge in [-0.1, -0.05) is 0 Å². The second-order valence-electron chi connectivity index (χ2n) is 9.64. The maximum absolute atomic E-state index is 6.61. The summed E-state index contributed by atoms with van der Waals surface area (Å²) in [6.45, 7) is 0. The lowest BCUT2D eigenvalue weighted by molar-refractivity contribution is 0.170. The van der Waals surface area contributed by atoms with E-state index in [9.17, 15) is 0 Å². The van der Waals surface area contributed by atoms with Gasteiger partial charge in [-0.15, -0.1) is 11.3 Å². The minimum absolute atomic E-state index is 0.117. The Kier molecular flexibility index (Phi) is 4.65. The van der Waals surface area contributed by atoms with E-state index >= 15 is 0 Å². The number of nitrogens with two attached hydrogens (primary N) is 1. The molecule has 3 fully saturated rings. The Hall–Kier alpha value is -2.25. The van der Waals surface area contributed by atoms with Gasteiger partial charge in [-0.25, -0.2) is 15.0 Å². The van der Waals surface area contributed by atoms with Gasteiger partial charge in [-0.05, 0) is 69.4 Å². The number of nitrogens with zero attached hydrogens (tertiary/aromatic N) is 4. The number of thiophene rings is 1. The SMILES string of the molecule is COc1ncccc1-c1csc2ncnc(N3C4CCC3CC(CC3(N)CCC3)C4)c12. The molecule has 5 heterocycles. The first-order chi connectivity index (χ1) is 15.1. The second-order valence-corrected chi connectivity index (χ2v) is 10.5. The molecule has 7 heteroatoms. The maximum atomic E-state index is 6.61. The molecule has 162 valence electrons. The highest BCUT2D eigenvalue weighted by Crippen LogP contribution is 2.49. The van der Waals surface area contributed by atoms with Crippen molar-refractivity contribution in [3.63, 3.8) is 0 Å². The smallest absolute Gasteiger partial charge is 0.221 e. The van der Waals surface area contributed by atoms with Crippen molar-refractivity contribution in [2.24, 2.45) is 11.7 Å². The third-order valence-electron chi connectivity index (χ3n) is 7.72. The number of methoxy groups -OCH3 is 1. The van der Waals surface area contributed by atoms with Crippen LogP contribution >= 0.6 is 11.3 Å². The fourth-order valence-electron chi connectivity index (χ4n) is 6.22. The number of pyridine rings is 1. The number of aromatic nitrogens is 3. The summed E-state index contributed by atoms with van der Waals surface area (Å²) in [4.78, 5) is 17.5. The van der Waals surface area contributed by atoms with E-state index in [2.05, 4.69) is 26.3 Å². The van der Waals surface area contributed by atoms with Crippen molar-refractivity contribution < 1.29 is 4.74 Å². The molecule has 0 radical (unpaired) electrons. The molecule has 0 aromatic carbocycles. The third-order valence-corrected chi connectivity index (χ3v) is 8.61. The van der Waals surface area contributed by atoms with E-state index in [0.717, 1.165) is 33.1 Å². The van der Waals surface area contributed by atoms with Gasteiger partial charge in [0.05, 0.1) is 12.5 Å². The lowest BCUT2D eigenvalue weighted by Crippen LogP contribution is -2.51. The van der Waals surface area contributed by atoms with E-state index in [4.69, 9.17) is 15.5 Å². The Morgan fingerprint density at radius 1 is 1.16 bits per heavy atom. The van der Waals surface area contributed by atoms with Crippen LogP contribution in [0.1, 0.15) is 51.4 Å². The Balaban J connectivity index is 1.37. The average Bonchev–Trinajstić information content (AvgIpc) is 3.31. The van der Waals surface area contributed by atoms with Crippen LogP contribution in [0.25, 0.3) is 21.3 Å². The maximum Gasteiger partial charge on any atom is 0.221 e. The van der Waals surface area contributed by atoms with Gasteiger partial charge < -0.3 is 15.4 Å². The van der Waals surface area contributed by atoms with Crippen molar-refractivity contribution in [3.05, 3.63) is 30.0 Å². The zero-order chi connectivity index (χ0) is 21.0. The van der Waals surface area contributed by atoms with Crippen LogP contribution in [0.3, 0.4) is 0 Å². The molecule has 1 saturated carbocycles. The molecule has 1 aliphatic carbocycles. The standard InChI is InChI=1S/C24H29N5OS/c1-30-22-18(4-2-9-26-22)19-13-31-23-20(19)21(27-14-28-23)29-16-5-6-17(29)11-15(10-16)12-24(25)7-3-8-24/h2,4,9,13-17H,3,5-8,10-12,25H2,1H3. The van der Waals surface area contributed by atoms with Gasteiger partial charge in [0.2, 0.25) is 5.88 Å². The van der Waals surface area contributed by atoms with E-state index in [1.54, 1.807) is 31.0 Å². The van der Waals surface area contributed by atoms with Gasteiger partial charge >= 0.3 is 0 Å². The molecule has 31 heavy (non-hydrogen) atoms. The van der Waals surface area contributed by atoms with Crippen molar-refractivity contribution in [2.75, 3.05) is 12.0 Å². The van der Waals surface area contributed by atoms with E-state index < -0.39 is 0 Å². The molecule has 6 rings (SSSR count). The molecule has 6 nitrogen and oxygen atoms in total. The molecule has 2 saturated heterocycles. The number of ether oxygens (including phenoxy) is 1. The monoisotopic (exact) mass is 435 g/mol. The Labute approximate surface area is 186 Å². The molecule has 0 amide bonds. The topological polar surface area (TPSA) is 77.2 Å². The second kappa shape index (κ2) is 7.41. The van der Waals surface area contributed by atoms with Gasteiger partial charge in [0, 0.05) is 40.3 Å². The summed E-state index contributed by atoms with van der Waals surface area (Å²) in [6.07, 6.45) is 13.4. The Morgan fingerprint density at radius 3 is 2.68 bits per heavy atom. The molecule has 3 aliphatic rings. The minimum Gasteiger partial charge on any atom is -0.481 e. The van der Waals surface area contributed by atoms with Gasteiger partial charge in [-0.3, -0.25) is 0 Å². The first kappa shape index (κ1) is 19.4. The molecule has 2 N–H and O–H groups in total. The Bertz CT molecular complexity index is 1100. The van der Waals surface area contributed by atoms with E-state index in [1.165, 1.54) is 51.4 Å². The van der Waals surface area contributed by atoms with Crippen LogP contribution in [-0.2, 0) is 0 Å². The number of hydrogen-bond acceptors (Lipinski definition) is 7. The highest BCUT2D eigenvalue weighted by molar-refractivity contribution is 7.17.